The van der Waals surface area contributed by atoms with Crippen LogP contribution in [0.5, 0.6) is 0 Å². The number of carbonyl (C=O) groups excluding carboxylic acids is 1. The number of piperazine rings is 1. The van der Waals surface area contributed by atoms with E-state index < -0.39 is 17.3 Å². The van der Waals surface area contributed by atoms with Crippen LogP contribution >= 0.6 is 11.8 Å². The molecule has 0 radical (unpaired) electrons. The van der Waals surface area contributed by atoms with Gasteiger partial charge in [0, 0.05) is 31.7 Å². The van der Waals surface area contributed by atoms with E-state index in [9.17, 15) is 23.2 Å². The van der Waals surface area contributed by atoms with Gasteiger partial charge in [0.05, 0.1) is 22.6 Å². The molecule has 0 aliphatic carbocycles. The normalized spacial score (nSPS) is 15.1. The molecule has 0 saturated carbocycles. The minimum Gasteiger partial charge on any atom is -0.339 e. The van der Waals surface area contributed by atoms with E-state index in [1.54, 1.807) is 35.2 Å². The van der Waals surface area contributed by atoms with Crippen LogP contribution in [-0.2, 0) is 11.0 Å². The number of nitriles is 1. The number of amides is 1. The van der Waals surface area contributed by atoms with Gasteiger partial charge >= 0.3 is 6.18 Å². The fourth-order valence-corrected chi connectivity index (χ4v) is 4.01. The standard InChI is InChI=1S/C21H21F3N4OS/c1-14-3-5-15(6-4-14)18-11-17(21(22,23)24)16(12-25)20(26-18)30-13-19(29)28-9-7-27(2)8-10-28/h3-6,11H,7-10,13H2,1-2H3. The molecule has 0 unspecified atom stereocenters. The van der Waals surface area contributed by atoms with Crippen LogP contribution in [0.3, 0.4) is 0 Å². The molecule has 0 N–H and O–H groups in total. The Balaban J connectivity index is 1.91. The van der Waals surface area contributed by atoms with Crippen molar-refractivity contribution in [3.63, 3.8) is 0 Å². The zero-order chi connectivity index (χ0) is 21.9. The van der Waals surface area contributed by atoms with E-state index in [4.69, 9.17) is 0 Å². The zero-order valence-electron chi connectivity index (χ0n) is 16.7. The van der Waals surface area contributed by atoms with E-state index in [0.717, 1.165) is 36.5 Å². The van der Waals surface area contributed by atoms with Gasteiger partial charge in [0.1, 0.15) is 11.1 Å². The SMILES string of the molecule is Cc1ccc(-c2cc(C(F)(F)F)c(C#N)c(SCC(=O)N3CCN(C)CC3)n2)cc1. The van der Waals surface area contributed by atoms with Gasteiger partial charge in [-0.25, -0.2) is 4.98 Å². The lowest BCUT2D eigenvalue weighted by Crippen LogP contribution is -2.47. The predicted octanol–water partition coefficient (Wildman–Crippen LogP) is 3.81. The van der Waals surface area contributed by atoms with Crippen molar-refractivity contribution < 1.29 is 18.0 Å². The average Bonchev–Trinajstić information content (AvgIpc) is 2.71. The molecule has 3 rings (SSSR count). The monoisotopic (exact) mass is 434 g/mol. The summed E-state index contributed by atoms with van der Waals surface area (Å²) in [6.07, 6.45) is -4.70. The molecule has 1 aromatic heterocycles. The third-order valence-corrected chi connectivity index (χ3v) is 5.90. The molecule has 1 aliphatic rings. The van der Waals surface area contributed by atoms with E-state index in [-0.39, 0.29) is 22.4 Å². The number of halogens is 3. The Labute approximate surface area is 177 Å². The quantitative estimate of drug-likeness (QED) is 0.685. The molecular formula is C21H21F3N4OS. The van der Waals surface area contributed by atoms with Gasteiger partial charge in [0.15, 0.2) is 0 Å². The minimum absolute atomic E-state index is 0.0694. The second-order valence-electron chi connectivity index (χ2n) is 7.18. The summed E-state index contributed by atoms with van der Waals surface area (Å²) in [6, 6.07) is 9.48. The van der Waals surface area contributed by atoms with Crippen molar-refractivity contribution >= 4 is 17.7 Å². The van der Waals surface area contributed by atoms with Gasteiger partial charge in [-0.2, -0.15) is 18.4 Å². The van der Waals surface area contributed by atoms with Gasteiger partial charge < -0.3 is 9.80 Å². The second-order valence-corrected chi connectivity index (χ2v) is 8.15. The molecule has 0 atom stereocenters. The highest BCUT2D eigenvalue weighted by molar-refractivity contribution is 8.00. The average molecular weight is 434 g/mol. The molecular weight excluding hydrogens is 413 g/mol. The fraction of sp³-hybridized carbons (Fsp3) is 0.381. The number of aryl methyl sites for hydroxylation is 1. The van der Waals surface area contributed by atoms with E-state index in [1.165, 1.54) is 0 Å². The summed E-state index contributed by atoms with van der Waals surface area (Å²) in [4.78, 5) is 20.6. The third-order valence-electron chi connectivity index (χ3n) is 4.94. The maximum absolute atomic E-state index is 13.6. The highest BCUT2D eigenvalue weighted by Gasteiger charge is 2.36. The molecule has 0 bridgehead atoms. The summed E-state index contributed by atoms with van der Waals surface area (Å²) in [5.41, 5.74) is 0.0224. The van der Waals surface area contributed by atoms with Crippen LogP contribution in [0.2, 0.25) is 0 Å². The van der Waals surface area contributed by atoms with Gasteiger partial charge in [-0.3, -0.25) is 4.79 Å². The van der Waals surface area contributed by atoms with Gasteiger partial charge in [-0.05, 0) is 20.0 Å². The molecule has 2 heterocycles. The van der Waals surface area contributed by atoms with E-state index >= 15 is 0 Å². The van der Waals surface area contributed by atoms with Crippen LogP contribution < -0.4 is 0 Å². The first kappa shape index (κ1) is 22.1. The minimum atomic E-state index is -4.70. The molecule has 2 aromatic rings. The topological polar surface area (TPSA) is 60.2 Å². The Hall–Kier alpha value is -2.57. The van der Waals surface area contributed by atoms with Gasteiger partial charge in [0.25, 0.3) is 0 Å². The fourth-order valence-electron chi connectivity index (χ4n) is 3.11. The molecule has 1 saturated heterocycles. The summed E-state index contributed by atoms with van der Waals surface area (Å²) in [5.74, 6) is -0.242. The molecule has 1 fully saturated rings. The first-order chi connectivity index (χ1) is 14.2. The van der Waals surface area contributed by atoms with Crippen molar-refractivity contribution in [2.24, 2.45) is 0 Å². The van der Waals surface area contributed by atoms with Crippen LogP contribution in [0.25, 0.3) is 11.3 Å². The number of alkyl halides is 3. The number of thioether (sulfide) groups is 1. The summed E-state index contributed by atoms with van der Waals surface area (Å²) >= 11 is 0.878. The maximum atomic E-state index is 13.6. The van der Waals surface area contributed by atoms with Crippen LogP contribution in [0, 0.1) is 18.3 Å². The number of carbonyl (C=O) groups is 1. The van der Waals surface area contributed by atoms with E-state index in [2.05, 4.69) is 9.88 Å². The third kappa shape index (κ3) is 5.12. The molecule has 9 heteroatoms. The van der Waals surface area contributed by atoms with Crippen molar-refractivity contribution in [1.82, 2.24) is 14.8 Å². The molecule has 0 spiro atoms. The van der Waals surface area contributed by atoms with Gasteiger partial charge in [-0.1, -0.05) is 41.6 Å². The second kappa shape index (κ2) is 9.06. The first-order valence-electron chi connectivity index (χ1n) is 9.37. The predicted molar refractivity (Wildman–Crippen MR) is 109 cm³/mol. The van der Waals surface area contributed by atoms with Crippen molar-refractivity contribution in [3.8, 4) is 17.3 Å². The number of benzene rings is 1. The Kier molecular flexibility index (Phi) is 6.68. The highest BCUT2D eigenvalue weighted by Crippen LogP contribution is 2.38. The largest absolute Gasteiger partial charge is 0.417 e. The molecule has 30 heavy (non-hydrogen) atoms. The number of pyridine rings is 1. The summed E-state index contributed by atoms with van der Waals surface area (Å²) in [7, 11) is 1.97. The van der Waals surface area contributed by atoms with Crippen molar-refractivity contribution in [2.45, 2.75) is 18.1 Å². The van der Waals surface area contributed by atoms with Crippen LogP contribution in [-0.4, -0.2) is 59.7 Å². The van der Waals surface area contributed by atoms with Crippen LogP contribution in [0.1, 0.15) is 16.7 Å². The Morgan fingerprint density at radius 2 is 1.83 bits per heavy atom. The molecule has 1 amide bonds. The zero-order valence-corrected chi connectivity index (χ0v) is 17.5. The van der Waals surface area contributed by atoms with Gasteiger partial charge in [-0.15, -0.1) is 0 Å². The molecule has 158 valence electrons. The maximum Gasteiger partial charge on any atom is 0.417 e. The Morgan fingerprint density at radius 1 is 1.20 bits per heavy atom. The summed E-state index contributed by atoms with van der Waals surface area (Å²) < 4.78 is 40.9. The summed E-state index contributed by atoms with van der Waals surface area (Å²) in [6.45, 7) is 4.53. The van der Waals surface area contributed by atoms with E-state index in [0.29, 0.717) is 18.7 Å². The molecule has 1 aromatic carbocycles. The number of rotatable bonds is 4. The lowest BCUT2D eigenvalue weighted by Gasteiger charge is -2.32. The number of hydrogen-bond donors (Lipinski definition) is 0. The molecule has 5 nitrogen and oxygen atoms in total. The summed E-state index contributed by atoms with van der Waals surface area (Å²) in [5, 5.41) is 9.32. The van der Waals surface area contributed by atoms with Crippen LogP contribution in [0.4, 0.5) is 13.2 Å². The smallest absolute Gasteiger partial charge is 0.339 e. The molecule has 1 aliphatic heterocycles. The first-order valence-corrected chi connectivity index (χ1v) is 10.4. The lowest BCUT2D eigenvalue weighted by molar-refractivity contribution is -0.138. The number of nitrogens with zero attached hydrogens (tertiary/aromatic N) is 4. The Morgan fingerprint density at radius 3 is 2.40 bits per heavy atom. The number of aromatic nitrogens is 1. The van der Waals surface area contributed by atoms with Crippen LogP contribution in [0.15, 0.2) is 35.4 Å². The van der Waals surface area contributed by atoms with Crippen molar-refractivity contribution in [2.75, 3.05) is 39.0 Å². The number of likely N-dealkylation sites (N-methyl/N-ethyl adjacent to an activating group) is 1. The van der Waals surface area contributed by atoms with Crippen molar-refractivity contribution in [1.29, 1.82) is 5.26 Å². The Bertz CT molecular complexity index is 962. The number of hydrogen-bond acceptors (Lipinski definition) is 5. The van der Waals surface area contributed by atoms with E-state index in [1.807, 2.05) is 14.0 Å². The van der Waals surface area contributed by atoms with Crippen molar-refractivity contribution in [3.05, 3.63) is 47.0 Å². The van der Waals surface area contributed by atoms with Gasteiger partial charge in [0.2, 0.25) is 5.91 Å². The lowest BCUT2D eigenvalue weighted by atomic mass is 10.0. The highest BCUT2D eigenvalue weighted by atomic mass is 32.2.